The first-order chi connectivity index (χ1) is 13.3. The number of aromatic hydroxyl groups is 1. The van der Waals surface area contributed by atoms with Gasteiger partial charge in [-0.2, -0.15) is 0 Å². The van der Waals surface area contributed by atoms with E-state index in [0.29, 0.717) is 14.8 Å². The first kappa shape index (κ1) is 19.9. The molecule has 0 unspecified atom stereocenters. The Bertz CT molecular complexity index is 1020. The number of benzene rings is 2. The highest BCUT2D eigenvalue weighted by Crippen LogP contribution is 2.38. The van der Waals surface area contributed by atoms with Gasteiger partial charge in [-0.25, -0.2) is 0 Å². The average molecular weight is 415 g/mol. The van der Waals surface area contributed by atoms with Crippen molar-refractivity contribution >= 4 is 51.9 Å². The lowest BCUT2D eigenvalue weighted by Gasteiger charge is -2.17. The second kappa shape index (κ2) is 8.04. The summed E-state index contributed by atoms with van der Waals surface area (Å²) in [4.78, 5) is 25.8. The first-order valence-electron chi connectivity index (χ1n) is 8.35. The number of carbonyl (C=O) groups excluding carboxylic acids is 2. The van der Waals surface area contributed by atoms with E-state index in [1.807, 2.05) is 32.0 Å². The van der Waals surface area contributed by atoms with Gasteiger partial charge in [0.05, 0.1) is 10.6 Å². The van der Waals surface area contributed by atoms with Crippen LogP contribution in [0.15, 0.2) is 41.3 Å². The van der Waals surface area contributed by atoms with Crippen LogP contribution in [-0.4, -0.2) is 27.8 Å². The molecule has 2 amide bonds. The van der Waals surface area contributed by atoms with Crippen molar-refractivity contribution < 1.29 is 19.4 Å². The molecule has 8 heteroatoms. The van der Waals surface area contributed by atoms with Crippen LogP contribution in [0.4, 0.5) is 5.69 Å². The molecule has 1 aliphatic rings. The number of hydrogen-bond acceptors (Lipinski definition) is 6. The van der Waals surface area contributed by atoms with E-state index in [2.05, 4.69) is 0 Å². The van der Waals surface area contributed by atoms with Gasteiger partial charge in [0.25, 0.3) is 11.8 Å². The molecule has 0 radical (unpaired) electrons. The molecule has 1 heterocycles. The van der Waals surface area contributed by atoms with E-state index in [1.165, 1.54) is 28.8 Å². The Morgan fingerprint density at radius 3 is 2.71 bits per heavy atom. The number of amides is 2. The lowest BCUT2D eigenvalue weighted by Crippen LogP contribution is -2.28. The van der Waals surface area contributed by atoms with Crippen LogP contribution in [0, 0.1) is 13.8 Å². The standard InChI is InChI=1S/C20H18N2O4S2/c1-11-3-5-14(12(2)7-11)22-19(25)17(28-20(22)27)9-13-4-6-15(23)16(8-13)26-10-18(21)24/h3-9,23H,10H2,1-2H3,(H2,21,24)/b17-9-. The number of anilines is 1. The fraction of sp³-hybridized carbons (Fsp3) is 0.150. The number of thioether (sulfide) groups is 1. The van der Waals surface area contributed by atoms with Crippen molar-refractivity contribution in [2.45, 2.75) is 13.8 Å². The minimum atomic E-state index is -0.654. The number of rotatable bonds is 5. The topological polar surface area (TPSA) is 92.9 Å². The Balaban J connectivity index is 1.89. The van der Waals surface area contributed by atoms with Crippen LogP contribution in [-0.2, 0) is 9.59 Å². The molecule has 2 aromatic rings. The van der Waals surface area contributed by atoms with Crippen molar-refractivity contribution in [2.24, 2.45) is 5.73 Å². The molecule has 1 saturated heterocycles. The fourth-order valence-electron chi connectivity index (χ4n) is 2.77. The van der Waals surface area contributed by atoms with Crippen LogP contribution in [0.3, 0.4) is 0 Å². The summed E-state index contributed by atoms with van der Waals surface area (Å²) in [6.07, 6.45) is 1.67. The van der Waals surface area contributed by atoms with E-state index >= 15 is 0 Å². The highest BCUT2D eigenvalue weighted by atomic mass is 32.2. The number of ether oxygens (including phenoxy) is 1. The Labute approximate surface area is 172 Å². The molecular formula is C20H18N2O4S2. The van der Waals surface area contributed by atoms with Crippen LogP contribution in [0.1, 0.15) is 16.7 Å². The van der Waals surface area contributed by atoms with Crippen LogP contribution in [0.2, 0.25) is 0 Å². The number of carbonyl (C=O) groups is 2. The van der Waals surface area contributed by atoms with E-state index < -0.39 is 5.91 Å². The molecule has 0 aromatic heterocycles. The average Bonchev–Trinajstić information content (AvgIpc) is 2.89. The highest BCUT2D eigenvalue weighted by molar-refractivity contribution is 8.27. The largest absolute Gasteiger partial charge is 0.504 e. The summed E-state index contributed by atoms with van der Waals surface area (Å²) in [5, 5.41) is 9.85. The maximum Gasteiger partial charge on any atom is 0.270 e. The van der Waals surface area contributed by atoms with Crippen molar-refractivity contribution in [3.8, 4) is 11.5 Å². The Morgan fingerprint density at radius 1 is 1.29 bits per heavy atom. The van der Waals surface area contributed by atoms with E-state index in [1.54, 1.807) is 12.1 Å². The summed E-state index contributed by atoms with van der Waals surface area (Å²) in [5.41, 5.74) is 8.51. The highest BCUT2D eigenvalue weighted by Gasteiger charge is 2.34. The molecule has 2 aromatic carbocycles. The first-order valence-corrected chi connectivity index (χ1v) is 9.58. The summed E-state index contributed by atoms with van der Waals surface area (Å²) in [6, 6.07) is 10.4. The number of hydrogen-bond donors (Lipinski definition) is 2. The number of primary amides is 1. The van der Waals surface area contributed by atoms with Gasteiger partial charge in [-0.3, -0.25) is 14.5 Å². The van der Waals surface area contributed by atoms with Crippen LogP contribution < -0.4 is 15.4 Å². The summed E-state index contributed by atoms with van der Waals surface area (Å²) in [7, 11) is 0. The van der Waals surface area contributed by atoms with Crippen molar-refractivity contribution in [3.63, 3.8) is 0 Å². The quantitative estimate of drug-likeness (QED) is 0.576. The molecule has 6 nitrogen and oxygen atoms in total. The summed E-state index contributed by atoms with van der Waals surface area (Å²) >= 11 is 6.62. The summed E-state index contributed by atoms with van der Waals surface area (Å²) in [5.74, 6) is -0.882. The molecule has 1 fully saturated rings. The number of phenolic OH excluding ortho intramolecular Hbond substituents is 1. The second-order valence-electron chi connectivity index (χ2n) is 6.29. The van der Waals surface area contributed by atoms with Crippen molar-refractivity contribution in [1.82, 2.24) is 0 Å². The van der Waals surface area contributed by atoms with E-state index in [-0.39, 0.29) is 24.0 Å². The van der Waals surface area contributed by atoms with E-state index in [9.17, 15) is 14.7 Å². The monoisotopic (exact) mass is 414 g/mol. The molecule has 0 bridgehead atoms. The zero-order valence-electron chi connectivity index (χ0n) is 15.3. The van der Waals surface area contributed by atoms with Gasteiger partial charge in [-0.1, -0.05) is 47.7 Å². The van der Waals surface area contributed by atoms with Gasteiger partial charge in [-0.15, -0.1) is 0 Å². The van der Waals surface area contributed by atoms with Gasteiger partial charge in [0.15, 0.2) is 22.4 Å². The Kier molecular flexibility index (Phi) is 5.71. The minimum absolute atomic E-state index is 0.109. The van der Waals surface area contributed by atoms with Gasteiger partial charge in [0.1, 0.15) is 0 Å². The molecule has 28 heavy (non-hydrogen) atoms. The van der Waals surface area contributed by atoms with Crippen LogP contribution in [0.25, 0.3) is 6.08 Å². The van der Waals surface area contributed by atoms with E-state index in [4.69, 9.17) is 22.7 Å². The van der Waals surface area contributed by atoms with E-state index in [0.717, 1.165) is 16.8 Å². The number of nitrogens with zero attached hydrogens (tertiary/aromatic N) is 1. The molecule has 0 atom stereocenters. The fourth-order valence-corrected chi connectivity index (χ4v) is 4.05. The zero-order chi connectivity index (χ0) is 20.4. The predicted octanol–water partition coefficient (Wildman–Crippen LogP) is 3.28. The molecule has 3 N–H and O–H groups in total. The molecule has 0 spiro atoms. The van der Waals surface area contributed by atoms with Crippen molar-refractivity contribution in [3.05, 3.63) is 58.0 Å². The molecule has 1 aliphatic heterocycles. The molecule has 3 rings (SSSR count). The molecule has 0 aliphatic carbocycles. The zero-order valence-corrected chi connectivity index (χ0v) is 16.9. The third kappa shape index (κ3) is 4.18. The molecular weight excluding hydrogens is 396 g/mol. The summed E-state index contributed by atoms with van der Waals surface area (Å²) in [6.45, 7) is 3.57. The number of phenols is 1. The van der Waals surface area contributed by atoms with Gasteiger partial charge in [0, 0.05) is 0 Å². The SMILES string of the molecule is Cc1ccc(N2C(=O)/C(=C/c3ccc(O)c(OCC(N)=O)c3)SC2=S)c(C)c1. The normalized spacial score (nSPS) is 15.4. The van der Waals surface area contributed by atoms with Gasteiger partial charge in [0.2, 0.25) is 0 Å². The van der Waals surface area contributed by atoms with Gasteiger partial charge < -0.3 is 15.6 Å². The van der Waals surface area contributed by atoms with Crippen LogP contribution in [0.5, 0.6) is 11.5 Å². The maximum absolute atomic E-state index is 12.9. The summed E-state index contributed by atoms with van der Waals surface area (Å²) < 4.78 is 5.64. The minimum Gasteiger partial charge on any atom is -0.504 e. The number of nitrogens with two attached hydrogens (primary N) is 1. The number of aryl methyl sites for hydroxylation is 2. The Hall–Kier alpha value is -2.84. The van der Waals surface area contributed by atoms with Gasteiger partial charge in [-0.05, 0) is 49.2 Å². The van der Waals surface area contributed by atoms with Crippen molar-refractivity contribution in [2.75, 3.05) is 11.5 Å². The maximum atomic E-state index is 12.9. The third-order valence-electron chi connectivity index (χ3n) is 4.04. The number of thiocarbonyl (C=S) groups is 1. The second-order valence-corrected chi connectivity index (χ2v) is 7.96. The predicted molar refractivity (Wildman–Crippen MR) is 114 cm³/mol. The smallest absolute Gasteiger partial charge is 0.270 e. The Morgan fingerprint density at radius 2 is 2.04 bits per heavy atom. The van der Waals surface area contributed by atoms with Gasteiger partial charge >= 0.3 is 0 Å². The lowest BCUT2D eigenvalue weighted by atomic mass is 10.1. The molecule has 0 saturated carbocycles. The third-order valence-corrected chi connectivity index (χ3v) is 5.34. The molecule has 144 valence electrons. The lowest BCUT2D eigenvalue weighted by molar-refractivity contribution is -0.120. The van der Waals surface area contributed by atoms with Crippen LogP contribution >= 0.6 is 24.0 Å². The van der Waals surface area contributed by atoms with Crippen molar-refractivity contribution in [1.29, 1.82) is 0 Å².